The van der Waals surface area contributed by atoms with Crippen LogP contribution in [0.3, 0.4) is 0 Å². The van der Waals surface area contributed by atoms with Gasteiger partial charge in [-0.3, -0.25) is 0 Å². The Balaban J connectivity index is 1.78. The van der Waals surface area contributed by atoms with Crippen molar-refractivity contribution in [2.75, 3.05) is 0 Å². The molecule has 2 aromatic carbocycles. The zero-order valence-electron chi connectivity index (χ0n) is 20.8. The molecule has 35 heavy (non-hydrogen) atoms. The highest BCUT2D eigenvalue weighted by molar-refractivity contribution is 5.78. The van der Waals surface area contributed by atoms with Crippen LogP contribution >= 0.6 is 0 Å². The van der Waals surface area contributed by atoms with Crippen LogP contribution in [0.15, 0.2) is 84.2 Å². The lowest BCUT2D eigenvalue weighted by Crippen LogP contribution is -2.03. The molecule has 0 atom stereocenters. The first-order chi connectivity index (χ1) is 16.6. The van der Waals surface area contributed by atoms with E-state index in [0.29, 0.717) is 17.1 Å². The van der Waals surface area contributed by atoms with Crippen LogP contribution in [0.2, 0.25) is 0 Å². The number of alkyl halides is 3. The SMILES string of the molecule is C=C(\C=C(C)/C(=C\C)C(/F)=C/C(F)(F)F)c1ccc(-c2ccc(C3CCCCCC3)cc2)cc1C. The maximum atomic E-state index is 14.2. The minimum atomic E-state index is -4.71. The molecule has 4 heteroatoms. The van der Waals surface area contributed by atoms with Crippen LogP contribution in [0.1, 0.15) is 75.0 Å². The lowest BCUT2D eigenvalue weighted by molar-refractivity contribution is -0.0811. The van der Waals surface area contributed by atoms with Crippen LogP contribution < -0.4 is 0 Å². The predicted octanol–water partition coefficient (Wildman–Crippen LogP) is 10.4. The molecule has 0 aliphatic heterocycles. The number of aryl methyl sites for hydroxylation is 1. The fourth-order valence-corrected chi connectivity index (χ4v) is 4.96. The largest absolute Gasteiger partial charge is 0.412 e. The first-order valence-corrected chi connectivity index (χ1v) is 12.3. The highest BCUT2D eigenvalue weighted by atomic mass is 19.4. The Kier molecular flexibility index (Phi) is 8.93. The summed E-state index contributed by atoms with van der Waals surface area (Å²) in [6.07, 6.45) is 5.79. The normalized spacial score (nSPS) is 16.8. The van der Waals surface area contributed by atoms with Gasteiger partial charge in [-0.25, -0.2) is 4.39 Å². The van der Waals surface area contributed by atoms with E-state index in [1.54, 1.807) is 13.0 Å². The van der Waals surface area contributed by atoms with Crippen LogP contribution in [0.25, 0.3) is 16.7 Å². The van der Waals surface area contributed by atoms with Crippen LogP contribution in [-0.2, 0) is 0 Å². The minimum absolute atomic E-state index is 0.0912. The van der Waals surface area contributed by atoms with Gasteiger partial charge in [-0.15, -0.1) is 0 Å². The quantitative estimate of drug-likeness (QED) is 0.218. The van der Waals surface area contributed by atoms with Gasteiger partial charge in [0.2, 0.25) is 0 Å². The first kappa shape index (κ1) is 26.7. The van der Waals surface area contributed by atoms with E-state index in [9.17, 15) is 17.6 Å². The molecule has 0 spiro atoms. The standard InChI is InChI=1S/C31H34F4/c1-5-28(30(32)20-31(33,34)35)21(2)18-22(3)29-17-16-27(19-23(29)4)26-14-12-25(13-15-26)24-10-8-6-7-9-11-24/h5,12-20,24H,3,6-11H2,1-2,4H3/b21-18-,28-5+,30-20-. The summed E-state index contributed by atoms with van der Waals surface area (Å²) in [5, 5.41) is 0. The average molecular weight is 483 g/mol. The Hall–Kier alpha value is -2.88. The molecule has 1 saturated carbocycles. The molecule has 1 fully saturated rings. The summed E-state index contributed by atoms with van der Waals surface area (Å²) in [6.45, 7) is 9.16. The Labute approximate surface area is 206 Å². The van der Waals surface area contributed by atoms with E-state index < -0.39 is 12.0 Å². The van der Waals surface area contributed by atoms with Gasteiger partial charge in [-0.2, -0.15) is 13.2 Å². The highest BCUT2D eigenvalue weighted by Crippen LogP contribution is 2.34. The summed E-state index contributed by atoms with van der Waals surface area (Å²) < 4.78 is 51.9. The van der Waals surface area contributed by atoms with E-state index in [1.165, 1.54) is 57.1 Å². The maximum Gasteiger partial charge on any atom is 0.412 e. The van der Waals surface area contributed by atoms with E-state index in [2.05, 4.69) is 36.9 Å². The number of rotatable bonds is 6. The molecule has 0 nitrogen and oxygen atoms in total. The average Bonchev–Trinajstić information content (AvgIpc) is 3.08. The Morgan fingerprint density at radius 2 is 1.54 bits per heavy atom. The number of hydrogen-bond acceptors (Lipinski definition) is 0. The van der Waals surface area contributed by atoms with Gasteiger partial charge in [0.1, 0.15) is 5.83 Å². The van der Waals surface area contributed by atoms with E-state index in [4.69, 9.17) is 0 Å². The van der Waals surface area contributed by atoms with Crippen LogP contribution in [0.4, 0.5) is 17.6 Å². The molecule has 3 rings (SSSR count). The van der Waals surface area contributed by atoms with Crippen molar-refractivity contribution in [3.63, 3.8) is 0 Å². The molecule has 0 amide bonds. The molecule has 2 aromatic rings. The summed E-state index contributed by atoms with van der Waals surface area (Å²) in [6, 6.07) is 14.9. The number of benzene rings is 2. The van der Waals surface area contributed by atoms with Crippen molar-refractivity contribution in [2.45, 2.75) is 71.4 Å². The van der Waals surface area contributed by atoms with Crippen molar-refractivity contribution in [3.05, 3.63) is 101 Å². The summed E-state index contributed by atoms with van der Waals surface area (Å²) in [4.78, 5) is 0. The number of hydrogen-bond donors (Lipinski definition) is 0. The highest BCUT2D eigenvalue weighted by Gasteiger charge is 2.26. The van der Waals surface area contributed by atoms with Crippen molar-refractivity contribution < 1.29 is 17.6 Å². The lowest BCUT2D eigenvalue weighted by atomic mass is 9.90. The minimum Gasteiger partial charge on any atom is -0.206 e. The van der Waals surface area contributed by atoms with Crippen LogP contribution in [0.5, 0.6) is 0 Å². The van der Waals surface area contributed by atoms with Crippen LogP contribution in [-0.4, -0.2) is 6.18 Å². The first-order valence-electron chi connectivity index (χ1n) is 12.3. The topological polar surface area (TPSA) is 0 Å². The second-order valence-corrected chi connectivity index (χ2v) is 9.43. The van der Waals surface area contributed by atoms with Gasteiger partial charge in [0.25, 0.3) is 0 Å². The van der Waals surface area contributed by atoms with Gasteiger partial charge in [-0.05, 0) is 78.5 Å². The van der Waals surface area contributed by atoms with Gasteiger partial charge >= 0.3 is 6.18 Å². The molecular weight excluding hydrogens is 448 g/mol. The molecule has 0 N–H and O–H groups in total. The molecule has 1 aliphatic carbocycles. The lowest BCUT2D eigenvalue weighted by Gasteiger charge is -2.15. The Morgan fingerprint density at radius 3 is 2.09 bits per heavy atom. The van der Waals surface area contributed by atoms with Crippen LogP contribution in [0, 0.1) is 6.92 Å². The third-order valence-electron chi connectivity index (χ3n) is 6.79. The van der Waals surface area contributed by atoms with E-state index in [1.807, 2.05) is 19.1 Å². The van der Waals surface area contributed by atoms with Crippen molar-refractivity contribution in [3.8, 4) is 11.1 Å². The van der Waals surface area contributed by atoms with Gasteiger partial charge in [0.05, 0.1) is 6.08 Å². The second kappa shape index (κ2) is 11.7. The molecule has 0 radical (unpaired) electrons. The molecular formula is C31H34F4. The van der Waals surface area contributed by atoms with Crippen molar-refractivity contribution in [1.82, 2.24) is 0 Å². The molecule has 0 aromatic heterocycles. The third-order valence-corrected chi connectivity index (χ3v) is 6.79. The van der Waals surface area contributed by atoms with Crippen molar-refractivity contribution >= 4 is 5.57 Å². The summed E-state index contributed by atoms with van der Waals surface area (Å²) in [5.74, 6) is -0.646. The zero-order valence-corrected chi connectivity index (χ0v) is 20.8. The third kappa shape index (κ3) is 7.30. The molecule has 0 heterocycles. The van der Waals surface area contributed by atoms with Gasteiger partial charge in [0.15, 0.2) is 0 Å². The maximum absolute atomic E-state index is 14.2. The fraction of sp³-hybridized carbons (Fsp3) is 0.355. The van der Waals surface area contributed by atoms with Crippen molar-refractivity contribution in [2.24, 2.45) is 0 Å². The summed E-state index contributed by atoms with van der Waals surface area (Å²) >= 11 is 0. The number of allylic oxidation sites excluding steroid dienone is 7. The molecule has 0 bridgehead atoms. The Morgan fingerprint density at radius 1 is 0.943 bits per heavy atom. The zero-order chi connectivity index (χ0) is 25.6. The second-order valence-electron chi connectivity index (χ2n) is 9.43. The molecule has 186 valence electrons. The smallest absolute Gasteiger partial charge is 0.206 e. The fourth-order valence-electron chi connectivity index (χ4n) is 4.96. The van der Waals surface area contributed by atoms with E-state index >= 15 is 0 Å². The van der Waals surface area contributed by atoms with Gasteiger partial charge < -0.3 is 0 Å². The number of halogens is 4. The molecule has 0 saturated heterocycles. The van der Waals surface area contributed by atoms with Gasteiger partial charge in [-0.1, -0.05) is 86.9 Å². The summed E-state index contributed by atoms with van der Waals surface area (Å²) in [7, 11) is 0. The molecule has 1 aliphatic rings. The van der Waals surface area contributed by atoms with E-state index in [-0.39, 0.29) is 11.6 Å². The Bertz CT molecular complexity index is 1120. The van der Waals surface area contributed by atoms with Crippen molar-refractivity contribution in [1.29, 1.82) is 0 Å². The monoisotopic (exact) mass is 482 g/mol. The predicted molar refractivity (Wildman–Crippen MR) is 139 cm³/mol. The van der Waals surface area contributed by atoms with Gasteiger partial charge in [0, 0.05) is 5.57 Å². The summed E-state index contributed by atoms with van der Waals surface area (Å²) in [5.41, 5.74) is 6.44. The molecule has 0 unspecified atom stereocenters. The van der Waals surface area contributed by atoms with E-state index in [0.717, 1.165) is 22.3 Å².